The van der Waals surface area contributed by atoms with Crippen LogP contribution in [0.1, 0.15) is 50.5 Å². The zero-order chi connectivity index (χ0) is 24.0. The van der Waals surface area contributed by atoms with E-state index < -0.39 is 34.0 Å². The number of amides is 2. The van der Waals surface area contributed by atoms with Crippen molar-refractivity contribution in [3.05, 3.63) is 29.3 Å². The maximum atomic E-state index is 12.7. The van der Waals surface area contributed by atoms with Crippen molar-refractivity contribution in [3.63, 3.8) is 0 Å². The average Bonchev–Trinajstić information content (AvgIpc) is 2.65. The van der Waals surface area contributed by atoms with Crippen molar-refractivity contribution in [3.8, 4) is 0 Å². The Labute approximate surface area is 184 Å². The van der Waals surface area contributed by atoms with E-state index in [1.807, 2.05) is 20.8 Å². The van der Waals surface area contributed by atoms with Gasteiger partial charge in [0, 0.05) is 25.7 Å². The Morgan fingerprint density at radius 3 is 2.19 bits per heavy atom. The number of hydrogen-bond donors (Lipinski definition) is 1. The molecule has 0 atom stereocenters. The van der Waals surface area contributed by atoms with Gasteiger partial charge in [-0.3, -0.25) is 9.59 Å². The normalized spacial score (nSPS) is 11.9. The molecule has 0 fully saturated rings. The topological polar surface area (TPSA) is 113 Å². The van der Waals surface area contributed by atoms with Crippen molar-refractivity contribution in [2.24, 2.45) is 0 Å². The Bertz CT molecular complexity index is 918. The Morgan fingerprint density at radius 2 is 1.68 bits per heavy atom. The standard InChI is InChI=1S/C21H33N3O6S/c1-8-24(9-2)31(28,29)16-11-10-15(3)17(12-16)20(27)30-14-19(26)23(7)13-18(25)22-21(4,5)6/h10-12H,8-9,13-14H2,1-7H3,(H,22,25). The zero-order valence-electron chi connectivity index (χ0n) is 19.3. The fourth-order valence-corrected chi connectivity index (χ4v) is 4.26. The van der Waals surface area contributed by atoms with E-state index in [-0.39, 0.29) is 22.9 Å². The summed E-state index contributed by atoms with van der Waals surface area (Å²) < 4.78 is 31.8. The summed E-state index contributed by atoms with van der Waals surface area (Å²) in [4.78, 5) is 37.8. The van der Waals surface area contributed by atoms with Crippen LogP contribution in [0.2, 0.25) is 0 Å². The van der Waals surface area contributed by atoms with Crippen LogP contribution < -0.4 is 5.32 Å². The number of carbonyl (C=O) groups is 3. The molecule has 0 unspecified atom stereocenters. The van der Waals surface area contributed by atoms with Gasteiger partial charge in [-0.2, -0.15) is 4.31 Å². The molecule has 1 aromatic rings. The number of rotatable bonds is 9. The van der Waals surface area contributed by atoms with Gasteiger partial charge in [-0.1, -0.05) is 19.9 Å². The van der Waals surface area contributed by atoms with Crippen LogP contribution in [0, 0.1) is 6.92 Å². The van der Waals surface area contributed by atoms with E-state index in [2.05, 4.69) is 5.32 Å². The Morgan fingerprint density at radius 1 is 1.10 bits per heavy atom. The Hall–Kier alpha value is -2.46. The van der Waals surface area contributed by atoms with E-state index in [0.717, 1.165) is 4.90 Å². The molecule has 2 amide bonds. The first-order valence-corrected chi connectivity index (χ1v) is 11.5. The smallest absolute Gasteiger partial charge is 0.338 e. The molecule has 1 aromatic carbocycles. The van der Waals surface area contributed by atoms with Crippen LogP contribution in [-0.4, -0.2) is 74.2 Å². The number of nitrogens with one attached hydrogen (secondary N) is 1. The molecular weight excluding hydrogens is 422 g/mol. The minimum Gasteiger partial charge on any atom is -0.452 e. The summed E-state index contributed by atoms with van der Waals surface area (Å²) in [5.41, 5.74) is 0.157. The van der Waals surface area contributed by atoms with Crippen LogP contribution in [0.4, 0.5) is 0 Å². The van der Waals surface area contributed by atoms with Gasteiger partial charge in [0.15, 0.2) is 6.61 Å². The fraction of sp³-hybridized carbons (Fsp3) is 0.571. The molecule has 0 aromatic heterocycles. The third-order valence-corrected chi connectivity index (χ3v) is 6.47. The summed E-state index contributed by atoms with van der Waals surface area (Å²) >= 11 is 0. The lowest BCUT2D eigenvalue weighted by Crippen LogP contribution is -2.46. The SMILES string of the molecule is CCN(CC)S(=O)(=O)c1ccc(C)c(C(=O)OCC(=O)N(C)CC(=O)NC(C)(C)C)c1. The summed E-state index contributed by atoms with van der Waals surface area (Å²) in [7, 11) is -2.31. The van der Waals surface area contributed by atoms with Crippen molar-refractivity contribution in [2.45, 2.75) is 52.0 Å². The van der Waals surface area contributed by atoms with Crippen molar-refractivity contribution in [1.82, 2.24) is 14.5 Å². The van der Waals surface area contributed by atoms with E-state index in [1.54, 1.807) is 20.8 Å². The molecule has 31 heavy (non-hydrogen) atoms. The van der Waals surface area contributed by atoms with Gasteiger partial charge < -0.3 is 15.0 Å². The highest BCUT2D eigenvalue weighted by Gasteiger charge is 2.24. The minimum absolute atomic E-state index is 0.0176. The second-order valence-corrected chi connectivity index (χ2v) is 10.1. The van der Waals surface area contributed by atoms with E-state index in [9.17, 15) is 22.8 Å². The fourth-order valence-electron chi connectivity index (χ4n) is 2.77. The van der Waals surface area contributed by atoms with Gasteiger partial charge >= 0.3 is 5.97 Å². The number of hydrogen-bond acceptors (Lipinski definition) is 6. The van der Waals surface area contributed by atoms with Crippen LogP contribution in [0.15, 0.2) is 23.1 Å². The molecule has 1 rings (SSSR count). The number of ether oxygens (including phenoxy) is 1. The summed E-state index contributed by atoms with van der Waals surface area (Å²) in [6.45, 7) is 10.4. The summed E-state index contributed by atoms with van der Waals surface area (Å²) in [6, 6.07) is 4.22. The molecule has 0 spiro atoms. The first kappa shape index (κ1) is 26.6. The Balaban J connectivity index is 2.86. The van der Waals surface area contributed by atoms with Gasteiger partial charge in [-0.15, -0.1) is 0 Å². The highest BCUT2D eigenvalue weighted by atomic mass is 32.2. The number of likely N-dealkylation sites (N-methyl/N-ethyl adjacent to an activating group) is 1. The molecule has 0 bridgehead atoms. The van der Waals surface area contributed by atoms with Gasteiger partial charge in [-0.05, 0) is 45.4 Å². The predicted molar refractivity (Wildman–Crippen MR) is 117 cm³/mol. The molecular formula is C21H33N3O6S. The second-order valence-electron chi connectivity index (χ2n) is 8.19. The quantitative estimate of drug-likeness (QED) is 0.566. The molecule has 0 radical (unpaired) electrons. The van der Waals surface area contributed by atoms with Crippen molar-refractivity contribution in [1.29, 1.82) is 0 Å². The summed E-state index contributed by atoms with van der Waals surface area (Å²) in [6.07, 6.45) is 0. The predicted octanol–water partition coefficient (Wildman–Crippen LogP) is 1.56. The summed E-state index contributed by atoms with van der Waals surface area (Å²) in [5, 5.41) is 2.74. The highest BCUT2D eigenvalue weighted by Crippen LogP contribution is 2.20. The maximum Gasteiger partial charge on any atom is 0.338 e. The third-order valence-electron chi connectivity index (χ3n) is 4.42. The number of nitrogens with zero attached hydrogens (tertiary/aromatic N) is 2. The maximum absolute atomic E-state index is 12.7. The minimum atomic E-state index is -3.74. The molecule has 174 valence electrons. The van der Waals surface area contributed by atoms with Gasteiger partial charge in [0.1, 0.15) is 0 Å². The number of esters is 1. The van der Waals surface area contributed by atoms with Gasteiger partial charge in [0.05, 0.1) is 17.0 Å². The molecule has 0 heterocycles. The third kappa shape index (κ3) is 7.62. The monoisotopic (exact) mass is 455 g/mol. The number of aryl methyl sites for hydroxylation is 1. The van der Waals surface area contributed by atoms with Gasteiger partial charge in [0.2, 0.25) is 15.9 Å². The lowest BCUT2D eigenvalue weighted by Gasteiger charge is -2.23. The molecule has 9 nitrogen and oxygen atoms in total. The summed E-state index contributed by atoms with van der Waals surface area (Å²) in [5.74, 6) is -1.70. The van der Waals surface area contributed by atoms with E-state index in [0.29, 0.717) is 18.7 Å². The van der Waals surface area contributed by atoms with Crippen molar-refractivity contribution in [2.75, 3.05) is 33.3 Å². The number of benzene rings is 1. The first-order valence-electron chi connectivity index (χ1n) is 10.1. The van der Waals surface area contributed by atoms with Crippen LogP contribution >= 0.6 is 0 Å². The van der Waals surface area contributed by atoms with Crippen molar-refractivity contribution < 1.29 is 27.5 Å². The lowest BCUT2D eigenvalue weighted by molar-refractivity contribution is -0.137. The molecule has 1 N–H and O–H groups in total. The van der Waals surface area contributed by atoms with E-state index >= 15 is 0 Å². The average molecular weight is 456 g/mol. The van der Waals surface area contributed by atoms with Crippen LogP contribution in [-0.2, 0) is 24.3 Å². The molecule has 0 saturated carbocycles. The largest absolute Gasteiger partial charge is 0.452 e. The van der Waals surface area contributed by atoms with Gasteiger partial charge in [-0.25, -0.2) is 13.2 Å². The Kier molecular flexibility index (Phi) is 9.19. The lowest BCUT2D eigenvalue weighted by atomic mass is 10.1. The molecule has 0 aliphatic heterocycles. The molecule has 10 heteroatoms. The zero-order valence-corrected chi connectivity index (χ0v) is 20.1. The first-order chi connectivity index (χ1) is 14.2. The second kappa shape index (κ2) is 10.7. The van der Waals surface area contributed by atoms with Crippen molar-refractivity contribution >= 4 is 27.8 Å². The molecule has 0 saturated heterocycles. The van der Waals surface area contributed by atoms with Crippen LogP contribution in [0.3, 0.4) is 0 Å². The van der Waals surface area contributed by atoms with E-state index in [4.69, 9.17) is 4.74 Å². The number of sulfonamides is 1. The van der Waals surface area contributed by atoms with Gasteiger partial charge in [0.25, 0.3) is 5.91 Å². The molecule has 0 aliphatic carbocycles. The number of carbonyl (C=O) groups excluding carboxylic acids is 3. The van der Waals surface area contributed by atoms with E-state index in [1.165, 1.54) is 29.6 Å². The molecule has 0 aliphatic rings. The van der Waals surface area contributed by atoms with Crippen LogP contribution in [0.5, 0.6) is 0 Å². The van der Waals surface area contributed by atoms with Crippen LogP contribution in [0.25, 0.3) is 0 Å². The highest BCUT2D eigenvalue weighted by molar-refractivity contribution is 7.89.